The molecule has 108 valence electrons. The molecule has 2 aromatic carbocycles. The Morgan fingerprint density at radius 1 is 1.19 bits per heavy atom. The Morgan fingerprint density at radius 2 is 1.95 bits per heavy atom. The number of Topliss-reactive ketones (excluding diaryl/α,β-unsaturated/α-hetero) is 1. The van der Waals surface area contributed by atoms with Crippen molar-refractivity contribution in [1.29, 1.82) is 0 Å². The second-order valence-corrected chi connectivity index (χ2v) is 5.18. The molecule has 0 saturated heterocycles. The fourth-order valence-corrected chi connectivity index (χ4v) is 2.08. The number of benzene rings is 2. The van der Waals surface area contributed by atoms with Crippen LogP contribution in [-0.4, -0.2) is 10.9 Å². The van der Waals surface area contributed by atoms with Gasteiger partial charge in [-0.15, -0.1) is 0 Å². The van der Waals surface area contributed by atoms with E-state index in [1.54, 1.807) is 30.3 Å². The standard InChI is InChI=1S/C15H12ClFN2OS/c1-9(20)10-3-2-4-12(7-10)18-15(21)19-14-6-5-11(16)8-13(14)17/h2-8H,1H3,(H2,18,19,21). The van der Waals surface area contributed by atoms with Crippen LogP contribution in [0.15, 0.2) is 42.5 Å². The molecule has 2 rings (SSSR count). The van der Waals surface area contributed by atoms with Gasteiger partial charge < -0.3 is 10.6 Å². The van der Waals surface area contributed by atoms with E-state index in [0.717, 1.165) is 0 Å². The second-order valence-electron chi connectivity index (χ2n) is 4.34. The zero-order chi connectivity index (χ0) is 15.4. The van der Waals surface area contributed by atoms with Gasteiger partial charge in [-0.2, -0.15) is 0 Å². The third-order valence-electron chi connectivity index (χ3n) is 2.71. The molecule has 0 atom stereocenters. The maximum Gasteiger partial charge on any atom is 0.175 e. The minimum Gasteiger partial charge on any atom is -0.332 e. The van der Waals surface area contributed by atoms with Crippen molar-refractivity contribution in [2.24, 2.45) is 0 Å². The SMILES string of the molecule is CC(=O)c1cccc(NC(=S)Nc2ccc(Cl)cc2F)c1. The van der Waals surface area contributed by atoms with Crippen LogP contribution in [0.25, 0.3) is 0 Å². The number of carbonyl (C=O) groups is 1. The van der Waals surface area contributed by atoms with Gasteiger partial charge in [-0.1, -0.05) is 23.7 Å². The van der Waals surface area contributed by atoms with E-state index in [1.165, 1.54) is 19.1 Å². The molecule has 0 saturated carbocycles. The largest absolute Gasteiger partial charge is 0.332 e. The van der Waals surface area contributed by atoms with E-state index in [4.69, 9.17) is 23.8 Å². The van der Waals surface area contributed by atoms with Gasteiger partial charge in [-0.25, -0.2) is 4.39 Å². The highest BCUT2D eigenvalue weighted by Gasteiger charge is 2.06. The monoisotopic (exact) mass is 322 g/mol. The number of thiocarbonyl (C=S) groups is 1. The molecular formula is C15H12ClFN2OS. The Labute approximate surface area is 132 Å². The highest BCUT2D eigenvalue weighted by atomic mass is 35.5. The number of carbonyl (C=O) groups excluding carboxylic acids is 1. The summed E-state index contributed by atoms with van der Waals surface area (Å²) in [6.45, 7) is 1.48. The minimum absolute atomic E-state index is 0.0405. The Morgan fingerprint density at radius 3 is 2.62 bits per heavy atom. The van der Waals surface area contributed by atoms with Gasteiger partial charge in [-0.05, 0) is 49.5 Å². The Hall–Kier alpha value is -1.98. The molecule has 2 aromatic rings. The van der Waals surface area contributed by atoms with Gasteiger partial charge in [0, 0.05) is 16.3 Å². The molecule has 0 aliphatic rings. The van der Waals surface area contributed by atoms with Crippen molar-refractivity contribution < 1.29 is 9.18 Å². The van der Waals surface area contributed by atoms with Crippen molar-refractivity contribution in [3.8, 4) is 0 Å². The van der Waals surface area contributed by atoms with Crippen LogP contribution < -0.4 is 10.6 Å². The lowest BCUT2D eigenvalue weighted by Crippen LogP contribution is -2.19. The third kappa shape index (κ3) is 4.24. The number of anilines is 2. The van der Waals surface area contributed by atoms with Gasteiger partial charge >= 0.3 is 0 Å². The number of halogens is 2. The van der Waals surface area contributed by atoms with Crippen LogP contribution in [0.5, 0.6) is 0 Å². The molecule has 0 spiro atoms. The van der Waals surface area contributed by atoms with Crippen LogP contribution in [0.4, 0.5) is 15.8 Å². The summed E-state index contributed by atoms with van der Waals surface area (Å²) in [6, 6.07) is 11.1. The number of hydrogen-bond donors (Lipinski definition) is 2. The van der Waals surface area contributed by atoms with Crippen LogP contribution in [0, 0.1) is 5.82 Å². The van der Waals surface area contributed by atoms with Crippen LogP contribution >= 0.6 is 23.8 Å². The molecule has 0 aromatic heterocycles. The molecule has 0 aliphatic heterocycles. The number of hydrogen-bond acceptors (Lipinski definition) is 2. The molecule has 0 aliphatic carbocycles. The van der Waals surface area contributed by atoms with Crippen molar-refractivity contribution in [3.63, 3.8) is 0 Å². The summed E-state index contributed by atoms with van der Waals surface area (Å²) in [5, 5.41) is 6.16. The van der Waals surface area contributed by atoms with Gasteiger partial charge in [-0.3, -0.25) is 4.79 Å². The average Bonchev–Trinajstić information content (AvgIpc) is 2.42. The number of rotatable bonds is 3. The molecule has 0 unspecified atom stereocenters. The zero-order valence-electron chi connectivity index (χ0n) is 11.1. The zero-order valence-corrected chi connectivity index (χ0v) is 12.7. The normalized spacial score (nSPS) is 10.0. The number of nitrogens with one attached hydrogen (secondary N) is 2. The predicted octanol–water partition coefficient (Wildman–Crippen LogP) is 4.49. The molecule has 6 heteroatoms. The van der Waals surface area contributed by atoms with E-state index < -0.39 is 5.82 Å². The van der Waals surface area contributed by atoms with Crippen molar-refractivity contribution in [2.75, 3.05) is 10.6 Å². The van der Waals surface area contributed by atoms with E-state index in [1.807, 2.05) is 0 Å². The first-order chi connectivity index (χ1) is 9.95. The molecule has 3 nitrogen and oxygen atoms in total. The lowest BCUT2D eigenvalue weighted by molar-refractivity contribution is 0.101. The second kappa shape index (κ2) is 6.65. The lowest BCUT2D eigenvalue weighted by Gasteiger charge is -2.12. The average molecular weight is 323 g/mol. The quantitative estimate of drug-likeness (QED) is 0.645. The van der Waals surface area contributed by atoms with Crippen LogP contribution in [-0.2, 0) is 0 Å². The minimum atomic E-state index is -0.496. The first-order valence-corrected chi connectivity index (χ1v) is 6.88. The maximum absolute atomic E-state index is 13.6. The van der Waals surface area contributed by atoms with Crippen molar-refractivity contribution in [2.45, 2.75) is 6.92 Å². The molecule has 21 heavy (non-hydrogen) atoms. The fraction of sp³-hybridized carbons (Fsp3) is 0.0667. The summed E-state index contributed by atoms with van der Waals surface area (Å²) in [4.78, 5) is 11.3. The highest BCUT2D eigenvalue weighted by Crippen LogP contribution is 2.19. The van der Waals surface area contributed by atoms with Crippen molar-refractivity contribution >= 4 is 46.1 Å². The van der Waals surface area contributed by atoms with Gasteiger partial charge in [0.1, 0.15) is 5.82 Å². The maximum atomic E-state index is 13.6. The van der Waals surface area contributed by atoms with Gasteiger partial charge in [0.15, 0.2) is 10.9 Å². The predicted molar refractivity (Wildman–Crippen MR) is 87.7 cm³/mol. The Kier molecular flexibility index (Phi) is 4.88. The van der Waals surface area contributed by atoms with E-state index in [-0.39, 0.29) is 16.6 Å². The van der Waals surface area contributed by atoms with Gasteiger partial charge in [0.2, 0.25) is 0 Å². The van der Waals surface area contributed by atoms with E-state index >= 15 is 0 Å². The summed E-state index contributed by atoms with van der Waals surface area (Å²) in [5.41, 5.74) is 1.44. The summed E-state index contributed by atoms with van der Waals surface area (Å²) in [7, 11) is 0. The summed E-state index contributed by atoms with van der Waals surface area (Å²) in [6.07, 6.45) is 0. The molecule has 0 amide bonds. The Balaban J connectivity index is 2.08. The molecule has 0 bridgehead atoms. The molecule has 0 fully saturated rings. The smallest absolute Gasteiger partial charge is 0.175 e. The first-order valence-electron chi connectivity index (χ1n) is 6.10. The molecule has 2 N–H and O–H groups in total. The third-order valence-corrected chi connectivity index (χ3v) is 3.15. The van der Waals surface area contributed by atoms with Crippen molar-refractivity contribution in [3.05, 3.63) is 58.9 Å². The summed E-state index contributed by atoms with van der Waals surface area (Å²) >= 11 is 10.8. The number of ketones is 1. The highest BCUT2D eigenvalue weighted by molar-refractivity contribution is 7.80. The molecular weight excluding hydrogens is 311 g/mol. The summed E-state index contributed by atoms with van der Waals surface area (Å²) in [5.74, 6) is -0.537. The van der Waals surface area contributed by atoms with Crippen LogP contribution in [0.2, 0.25) is 5.02 Å². The van der Waals surface area contributed by atoms with Crippen LogP contribution in [0.3, 0.4) is 0 Å². The molecule has 0 radical (unpaired) electrons. The van der Waals surface area contributed by atoms with E-state index in [2.05, 4.69) is 10.6 Å². The molecule has 0 heterocycles. The fourth-order valence-electron chi connectivity index (χ4n) is 1.69. The van der Waals surface area contributed by atoms with E-state index in [9.17, 15) is 9.18 Å². The first kappa shape index (κ1) is 15.4. The van der Waals surface area contributed by atoms with Gasteiger partial charge in [0.25, 0.3) is 0 Å². The van der Waals surface area contributed by atoms with E-state index in [0.29, 0.717) is 16.3 Å². The van der Waals surface area contributed by atoms with Crippen LogP contribution in [0.1, 0.15) is 17.3 Å². The van der Waals surface area contributed by atoms with Crippen molar-refractivity contribution in [1.82, 2.24) is 0 Å². The topological polar surface area (TPSA) is 41.1 Å². The lowest BCUT2D eigenvalue weighted by atomic mass is 10.1. The Bertz CT molecular complexity index is 706. The van der Waals surface area contributed by atoms with Gasteiger partial charge in [0.05, 0.1) is 5.69 Å². The summed E-state index contributed by atoms with van der Waals surface area (Å²) < 4.78 is 13.6.